The van der Waals surface area contributed by atoms with Gasteiger partial charge in [-0.3, -0.25) is 9.69 Å². The average Bonchev–Trinajstić information content (AvgIpc) is 2.45. The first-order valence-electron chi connectivity index (χ1n) is 4.47. The Morgan fingerprint density at radius 3 is 2.27 bits per heavy atom. The van der Waals surface area contributed by atoms with Gasteiger partial charge in [-0.1, -0.05) is 18.2 Å². The Hall–Kier alpha value is -1.88. The van der Waals surface area contributed by atoms with E-state index in [2.05, 4.69) is 0 Å². The van der Waals surface area contributed by atoms with Gasteiger partial charge in [-0.2, -0.15) is 0 Å². The third kappa shape index (κ3) is 1.37. The highest BCUT2D eigenvalue weighted by Crippen LogP contribution is 2.22. The summed E-state index contributed by atoms with van der Waals surface area (Å²) in [5.41, 5.74) is 0.468. The van der Waals surface area contributed by atoms with Crippen molar-refractivity contribution in [1.82, 2.24) is 4.90 Å². The van der Waals surface area contributed by atoms with E-state index >= 15 is 0 Å². The third-order valence-corrected chi connectivity index (χ3v) is 2.32. The molecule has 1 heterocycles. The fourth-order valence-electron chi connectivity index (χ4n) is 1.45. The van der Waals surface area contributed by atoms with Crippen molar-refractivity contribution in [3.8, 4) is 0 Å². The van der Waals surface area contributed by atoms with Gasteiger partial charge in [0, 0.05) is 7.05 Å². The highest BCUT2D eigenvalue weighted by atomic mass is 16.3. The number of para-hydroxylation sites is 1. The van der Waals surface area contributed by atoms with Gasteiger partial charge in [0.15, 0.2) is 0 Å². The van der Waals surface area contributed by atoms with Gasteiger partial charge in [0.05, 0.1) is 5.69 Å². The number of imide groups is 1. The molecule has 5 nitrogen and oxygen atoms in total. The predicted molar refractivity (Wildman–Crippen MR) is 53.1 cm³/mol. The van der Waals surface area contributed by atoms with Gasteiger partial charge < -0.3 is 5.11 Å². The molecule has 0 spiro atoms. The van der Waals surface area contributed by atoms with Gasteiger partial charge in [-0.25, -0.2) is 9.69 Å². The summed E-state index contributed by atoms with van der Waals surface area (Å²) in [6, 6.07) is 8.00. The normalized spacial score (nSPS) is 21.3. The van der Waals surface area contributed by atoms with Crippen LogP contribution in [0, 0.1) is 0 Å². The Bertz CT molecular complexity index is 384. The van der Waals surface area contributed by atoms with Crippen molar-refractivity contribution >= 4 is 17.6 Å². The Morgan fingerprint density at radius 2 is 1.80 bits per heavy atom. The van der Waals surface area contributed by atoms with Gasteiger partial charge in [0.2, 0.25) is 6.23 Å². The maximum absolute atomic E-state index is 11.6. The van der Waals surface area contributed by atoms with Crippen LogP contribution in [0.4, 0.5) is 10.5 Å². The van der Waals surface area contributed by atoms with Crippen LogP contribution in [-0.4, -0.2) is 35.2 Å². The van der Waals surface area contributed by atoms with Crippen LogP contribution in [-0.2, 0) is 4.79 Å². The summed E-state index contributed by atoms with van der Waals surface area (Å²) in [5.74, 6) is -0.617. The zero-order valence-corrected chi connectivity index (χ0v) is 8.12. The van der Waals surface area contributed by atoms with Gasteiger partial charge in [0.25, 0.3) is 5.91 Å². The number of amides is 3. The fraction of sp³-hybridized carbons (Fsp3) is 0.200. The third-order valence-electron chi connectivity index (χ3n) is 2.32. The maximum Gasteiger partial charge on any atom is 0.333 e. The van der Waals surface area contributed by atoms with Gasteiger partial charge >= 0.3 is 6.03 Å². The Labute approximate surface area is 86.5 Å². The Balaban J connectivity index is 2.39. The quantitative estimate of drug-likeness (QED) is 0.677. The van der Waals surface area contributed by atoms with Gasteiger partial charge in [0.1, 0.15) is 0 Å². The zero-order valence-electron chi connectivity index (χ0n) is 8.12. The second-order valence-electron chi connectivity index (χ2n) is 3.28. The van der Waals surface area contributed by atoms with Crippen LogP contribution < -0.4 is 4.90 Å². The summed E-state index contributed by atoms with van der Waals surface area (Å²) in [6.45, 7) is 0. The average molecular weight is 206 g/mol. The van der Waals surface area contributed by atoms with E-state index in [-0.39, 0.29) is 0 Å². The van der Waals surface area contributed by atoms with Crippen LogP contribution in [0.5, 0.6) is 0 Å². The zero-order chi connectivity index (χ0) is 11.0. The molecule has 1 aliphatic heterocycles. The van der Waals surface area contributed by atoms with Gasteiger partial charge in [-0.05, 0) is 12.1 Å². The molecule has 1 fully saturated rings. The summed E-state index contributed by atoms with van der Waals surface area (Å²) >= 11 is 0. The number of carbonyl (C=O) groups is 2. The number of carbonyl (C=O) groups excluding carboxylic acids is 2. The number of likely N-dealkylation sites (N-methyl/N-ethyl adjacent to an activating group) is 1. The summed E-state index contributed by atoms with van der Waals surface area (Å²) in [6.07, 6.45) is -1.38. The first-order chi connectivity index (χ1) is 7.13. The number of rotatable bonds is 1. The van der Waals surface area contributed by atoms with E-state index in [4.69, 9.17) is 0 Å². The van der Waals surface area contributed by atoms with E-state index in [1.165, 1.54) is 7.05 Å². The molecule has 1 aromatic carbocycles. The lowest BCUT2D eigenvalue weighted by Crippen LogP contribution is -2.31. The van der Waals surface area contributed by atoms with Crippen molar-refractivity contribution in [2.24, 2.45) is 0 Å². The monoisotopic (exact) mass is 206 g/mol. The molecule has 5 heteroatoms. The van der Waals surface area contributed by atoms with Crippen LogP contribution in [0.2, 0.25) is 0 Å². The Kier molecular flexibility index (Phi) is 2.17. The summed E-state index contributed by atoms with van der Waals surface area (Å²) in [7, 11) is 1.38. The molecule has 0 aliphatic carbocycles. The number of aliphatic hydroxyl groups is 1. The molecular weight excluding hydrogens is 196 g/mol. The molecule has 2 rings (SSSR count). The molecule has 1 unspecified atom stereocenters. The smallest absolute Gasteiger partial charge is 0.333 e. The van der Waals surface area contributed by atoms with E-state index in [9.17, 15) is 14.7 Å². The summed E-state index contributed by atoms with van der Waals surface area (Å²) in [5, 5.41) is 9.38. The van der Waals surface area contributed by atoms with Crippen molar-refractivity contribution in [2.45, 2.75) is 6.23 Å². The van der Waals surface area contributed by atoms with Crippen molar-refractivity contribution in [3.05, 3.63) is 30.3 Å². The highest BCUT2D eigenvalue weighted by molar-refractivity contribution is 6.20. The van der Waals surface area contributed by atoms with E-state index in [0.29, 0.717) is 5.69 Å². The largest absolute Gasteiger partial charge is 0.365 e. The molecule has 0 aromatic heterocycles. The maximum atomic E-state index is 11.6. The van der Waals surface area contributed by atoms with Crippen LogP contribution in [0.15, 0.2) is 30.3 Å². The Morgan fingerprint density at radius 1 is 1.20 bits per heavy atom. The molecule has 0 bridgehead atoms. The van der Waals surface area contributed by atoms with Crippen LogP contribution in [0.25, 0.3) is 0 Å². The molecule has 3 amide bonds. The first kappa shape index (κ1) is 9.67. The number of nitrogens with zero attached hydrogens (tertiary/aromatic N) is 2. The van der Waals surface area contributed by atoms with Crippen molar-refractivity contribution in [3.63, 3.8) is 0 Å². The second-order valence-corrected chi connectivity index (χ2v) is 3.28. The standard InChI is InChI=1S/C10H10N2O3/c1-11-8(13)9(14)12(10(11)15)7-5-3-2-4-6-7/h2-6,8,13H,1H3. The SMILES string of the molecule is CN1C(=O)N(c2ccccc2)C(=O)C1O. The van der Waals surface area contributed by atoms with E-state index in [0.717, 1.165) is 9.80 Å². The van der Waals surface area contributed by atoms with E-state index in [1.807, 2.05) is 0 Å². The molecule has 1 aromatic rings. The topological polar surface area (TPSA) is 60.9 Å². The first-order valence-corrected chi connectivity index (χ1v) is 4.47. The molecule has 0 saturated carbocycles. The molecule has 0 radical (unpaired) electrons. The minimum atomic E-state index is -1.38. The van der Waals surface area contributed by atoms with E-state index in [1.54, 1.807) is 30.3 Å². The molecule has 1 saturated heterocycles. The van der Waals surface area contributed by atoms with Gasteiger partial charge in [-0.15, -0.1) is 0 Å². The lowest BCUT2D eigenvalue weighted by atomic mass is 10.3. The van der Waals surface area contributed by atoms with Crippen molar-refractivity contribution < 1.29 is 14.7 Å². The molecule has 15 heavy (non-hydrogen) atoms. The number of hydrogen-bond acceptors (Lipinski definition) is 3. The molecule has 78 valence electrons. The van der Waals surface area contributed by atoms with Crippen molar-refractivity contribution in [1.29, 1.82) is 0 Å². The minimum absolute atomic E-state index is 0.468. The highest BCUT2D eigenvalue weighted by Gasteiger charge is 2.42. The predicted octanol–water partition coefficient (Wildman–Crippen LogP) is 0.403. The summed E-state index contributed by atoms with van der Waals surface area (Å²) in [4.78, 5) is 25.1. The number of benzene rings is 1. The van der Waals surface area contributed by atoms with E-state index < -0.39 is 18.2 Å². The fourth-order valence-corrected chi connectivity index (χ4v) is 1.45. The lowest BCUT2D eigenvalue weighted by molar-refractivity contribution is -0.128. The number of anilines is 1. The molecular formula is C10H10N2O3. The second kappa shape index (κ2) is 3.36. The molecule has 1 aliphatic rings. The minimum Gasteiger partial charge on any atom is -0.365 e. The lowest BCUT2D eigenvalue weighted by Gasteiger charge is -2.12. The van der Waals surface area contributed by atoms with Crippen LogP contribution in [0.1, 0.15) is 0 Å². The molecule has 1 N–H and O–H groups in total. The van der Waals surface area contributed by atoms with Crippen LogP contribution >= 0.6 is 0 Å². The number of aliphatic hydroxyl groups excluding tert-OH is 1. The number of hydrogen-bond donors (Lipinski definition) is 1. The molecule has 1 atom stereocenters. The summed E-state index contributed by atoms with van der Waals surface area (Å²) < 4.78 is 0. The van der Waals surface area contributed by atoms with Crippen LogP contribution in [0.3, 0.4) is 0 Å². The number of urea groups is 1. The van der Waals surface area contributed by atoms with Crippen molar-refractivity contribution in [2.75, 3.05) is 11.9 Å².